The predicted molar refractivity (Wildman–Crippen MR) is 57.0 cm³/mol. The summed E-state index contributed by atoms with van der Waals surface area (Å²) < 4.78 is 0. The van der Waals surface area contributed by atoms with Gasteiger partial charge in [-0.2, -0.15) is 0 Å². The zero-order chi connectivity index (χ0) is 10.6. The van der Waals surface area contributed by atoms with Crippen LogP contribution in [0, 0.1) is 12.2 Å². The van der Waals surface area contributed by atoms with E-state index >= 15 is 0 Å². The highest BCUT2D eigenvalue weighted by atomic mass is 16.3. The van der Waals surface area contributed by atoms with Gasteiger partial charge in [-0.05, 0) is 19.8 Å². The molecule has 0 aliphatic heterocycles. The Labute approximate surface area is 85.2 Å². The van der Waals surface area contributed by atoms with Crippen molar-refractivity contribution in [2.45, 2.75) is 32.7 Å². The van der Waals surface area contributed by atoms with Crippen molar-refractivity contribution in [2.24, 2.45) is 4.99 Å². The van der Waals surface area contributed by atoms with E-state index in [2.05, 4.69) is 29.4 Å². The van der Waals surface area contributed by atoms with E-state index in [-0.39, 0.29) is 11.8 Å². The molecular formula is C11H16N2O. The molecule has 0 amide bonds. The molecule has 0 bridgehead atoms. The van der Waals surface area contributed by atoms with E-state index in [0.717, 1.165) is 12.1 Å². The first-order valence-electron chi connectivity index (χ1n) is 4.86. The fourth-order valence-electron chi connectivity index (χ4n) is 1.06. The number of aliphatic imine (C=N–C) groups is 1. The molecule has 0 spiro atoms. The SMILES string of the molecule is CCC(C)N=C1[C+]=C(NC)C[C-]=C1O. The number of nitrogens with zero attached hydrogens (tertiary/aromatic N) is 1. The highest BCUT2D eigenvalue weighted by molar-refractivity contribution is 6.04. The largest absolute Gasteiger partial charge is 0.458 e. The first-order valence-corrected chi connectivity index (χ1v) is 4.86. The lowest BCUT2D eigenvalue weighted by Gasteiger charge is -2.11. The van der Waals surface area contributed by atoms with Crippen LogP contribution in [0.25, 0.3) is 0 Å². The summed E-state index contributed by atoms with van der Waals surface area (Å²) >= 11 is 0. The van der Waals surface area contributed by atoms with E-state index in [4.69, 9.17) is 0 Å². The minimum absolute atomic E-state index is 0.115. The third-order valence-corrected chi connectivity index (χ3v) is 2.17. The molecule has 76 valence electrons. The van der Waals surface area contributed by atoms with Crippen LogP contribution in [0.5, 0.6) is 0 Å². The maximum absolute atomic E-state index is 9.50. The van der Waals surface area contributed by atoms with Gasteiger partial charge in [-0.3, -0.25) is 0 Å². The molecular weight excluding hydrogens is 176 g/mol. The maximum Gasteiger partial charge on any atom is 0.176 e. The van der Waals surface area contributed by atoms with Crippen molar-refractivity contribution in [3.05, 3.63) is 23.6 Å². The molecule has 0 aromatic carbocycles. The van der Waals surface area contributed by atoms with Crippen LogP contribution in [0.1, 0.15) is 26.7 Å². The molecule has 0 fully saturated rings. The Balaban J connectivity index is 2.84. The van der Waals surface area contributed by atoms with Crippen LogP contribution in [0.3, 0.4) is 0 Å². The van der Waals surface area contributed by atoms with Crippen LogP contribution in [0.15, 0.2) is 16.4 Å². The Kier molecular flexibility index (Phi) is 3.66. The minimum atomic E-state index is 0.115. The van der Waals surface area contributed by atoms with Crippen molar-refractivity contribution in [3.8, 4) is 0 Å². The molecule has 3 heteroatoms. The molecule has 1 rings (SSSR count). The molecule has 0 heterocycles. The zero-order valence-corrected chi connectivity index (χ0v) is 8.89. The Morgan fingerprint density at radius 1 is 1.71 bits per heavy atom. The van der Waals surface area contributed by atoms with Crippen LogP contribution >= 0.6 is 0 Å². The van der Waals surface area contributed by atoms with Crippen LogP contribution in [0.4, 0.5) is 0 Å². The topological polar surface area (TPSA) is 44.6 Å². The normalized spacial score (nSPS) is 20.9. The smallest absolute Gasteiger partial charge is 0.176 e. The Bertz CT molecular complexity index is 290. The summed E-state index contributed by atoms with van der Waals surface area (Å²) in [6.45, 7) is 4.07. The lowest BCUT2D eigenvalue weighted by atomic mass is 10.1. The van der Waals surface area contributed by atoms with Crippen LogP contribution in [-0.2, 0) is 0 Å². The zero-order valence-electron chi connectivity index (χ0n) is 8.89. The van der Waals surface area contributed by atoms with Gasteiger partial charge in [0, 0.05) is 19.2 Å². The number of hydrogen-bond acceptors (Lipinski definition) is 3. The summed E-state index contributed by atoms with van der Waals surface area (Å²) in [4.78, 5) is 4.33. The fourth-order valence-corrected chi connectivity index (χ4v) is 1.06. The van der Waals surface area contributed by atoms with Gasteiger partial charge in [0.1, 0.15) is 11.5 Å². The molecule has 0 radical (unpaired) electrons. The van der Waals surface area contributed by atoms with E-state index < -0.39 is 0 Å². The molecule has 2 N–H and O–H groups in total. The van der Waals surface area contributed by atoms with Crippen molar-refractivity contribution in [1.29, 1.82) is 0 Å². The third kappa shape index (κ3) is 2.57. The van der Waals surface area contributed by atoms with Crippen molar-refractivity contribution >= 4 is 5.71 Å². The molecule has 1 aliphatic rings. The minimum Gasteiger partial charge on any atom is -0.458 e. The molecule has 0 saturated heterocycles. The van der Waals surface area contributed by atoms with Crippen molar-refractivity contribution < 1.29 is 5.11 Å². The van der Waals surface area contributed by atoms with E-state index in [1.807, 2.05) is 14.0 Å². The summed E-state index contributed by atoms with van der Waals surface area (Å²) in [7, 11) is 1.83. The quantitative estimate of drug-likeness (QED) is 0.669. The average Bonchev–Trinajstić information content (AvgIpc) is 2.21. The van der Waals surface area contributed by atoms with Crippen LogP contribution in [0.2, 0.25) is 0 Å². The van der Waals surface area contributed by atoms with E-state index in [1.54, 1.807) is 0 Å². The molecule has 0 saturated carbocycles. The van der Waals surface area contributed by atoms with Crippen molar-refractivity contribution in [3.63, 3.8) is 0 Å². The summed E-state index contributed by atoms with van der Waals surface area (Å²) in [6, 6.07) is 0.206. The lowest BCUT2D eigenvalue weighted by Crippen LogP contribution is -2.16. The number of aliphatic hydroxyl groups excluding tert-OH is 1. The summed E-state index contributed by atoms with van der Waals surface area (Å²) in [5.41, 5.74) is 1.42. The highest BCUT2D eigenvalue weighted by Gasteiger charge is 2.13. The van der Waals surface area contributed by atoms with Gasteiger partial charge in [-0.15, -0.1) is 6.08 Å². The van der Waals surface area contributed by atoms with Gasteiger partial charge >= 0.3 is 0 Å². The van der Waals surface area contributed by atoms with Crippen molar-refractivity contribution in [1.82, 2.24) is 5.32 Å². The molecule has 1 unspecified atom stereocenters. The molecule has 0 aromatic rings. The fraction of sp³-hybridized carbons (Fsp3) is 0.545. The summed E-state index contributed by atoms with van der Waals surface area (Å²) in [5, 5.41) is 12.5. The average molecular weight is 192 g/mol. The Hall–Kier alpha value is -1.34. The maximum atomic E-state index is 9.50. The number of allylic oxidation sites excluding steroid dienone is 2. The van der Waals surface area contributed by atoms with Crippen LogP contribution in [-0.4, -0.2) is 23.9 Å². The van der Waals surface area contributed by atoms with Gasteiger partial charge in [-0.25, -0.2) is 0 Å². The third-order valence-electron chi connectivity index (χ3n) is 2.17. The first kappa shape index (κ1) is 10.7. The number of hydrogen-bond donors (Lipinski definition) is 2. The van der Waals surface area contributed by atoms with E-state index in [1.165, 1.54) is 0 Å². The number of nitrogens with one attached hydrogen (secondary N) is 1. The molecule has 1 atom stereocenters. The second-order valence-electron chi connectivity index (χ2n) is 3.29. The summed E-state index contributed by atoms with van der Waals surface area (Å²) in [5.74, 6) is 0.115. The van der Waals surface area contributed by atoms with Gasteiger partial charge in [-0.1, -0.05) is 6.92 Å². The molecule has 1 aliphatic carbocycles. The molecule has 0 aromatic heterocycles. The van der Waals surface area contributed by atoms with Gasteiger partial charge < -0.3 is 15.4 Å². The standard InChI is InChI=1S/C11H16N2O/c1-4-8(2)13-10-7-9(12-3)5-6-11(10)14/h8,12,14H,4-5H2,1-3H3. The van der Waals surface area contributed by atoms with Gasteiger partial charge in [0.15, 0.2) is 5.71 Å². The number of aliphatic hydroxyl groups is 1. The highest BCUT2D eigenvalue weighted by Crippen LogP contribution is 2.11. The van der Waals surface area contributed by atoms with Gasteiger partial charge in [0.25, 0.3) is 0 Å². The second-order valence-corrected chi connectivity index (χ2v) is 3.29. The van der Waals surface area contributed by atoms with Crippen LogP contribution < -0.4 is 5.32 Å². The summed E-state index contributed by atoms with van der Waals surface area (Å²) in [6.07, 6.45) is 7.39. The molecule has 14 heavy (non-hydrogen) atoms. The Morgan fingerprint density at radius 2 is 2.43 bits per heavy atom. The molecule has 3 nitrogen and oxygen atoms in total. The first-order chi connectivity index (χ1) is 6.67. The van der Waals surface area contributed by atoms with Crippen molar-refractivity contribution in [2.75, 3.05) is 7.05 Å². The van der Waals surface area contributed by atoms with Gasteiger partial charge in [0.2, 0.25) is 0 Å². The van der Waals surface area contributed by atoms with E-state index in [0.29, 0.717) is 12.1 Å². The lowest BCUT2D eigenvalue weighted by molar-refractivity contribution is 0.435. The van der Waals surface area contributed by atoms with Gasteiger partial charge in [0.05, 0.1) is 0 Å². The Morgan fingerprint density at radius 3 is 3.00 bits per heavy atom. The monoisotopic (exact) mass is 192 g/mol. The van der Waals surface area contributed by atoms with E-state index in [9.17, 15) is 5.11 Å². The predicted octanol–water partition coefficient (Wildman–Crippen LogP) is 1.78. The second kappa shape index (κ2) is 4.77. The number of rotatable bonds is 3.